The van der Waals surface area contributed by atoms with Crippen molar-refractivity contribution in [3.63, 3.8) is 0 Å². The number of fused-ring (bicyclic) bond motifs is 1. The third kappa shape index (κ3) is 1.69. The third-order valence-corrected chi connectivity index (χ3v) is 3.52. The second kappa shape index (κ2) is 3.97. The van der Waals surface area contributed by atoms with Gasteiger partial charge in [0.1, 0.15) is 6.23 Å². The van der Waals surface area contributed by atoms with Crippen LogP contribution in [-0.4, -0.2) is 16.4 Å². The van der Waals surface area contributed by atoms with Gasteiger partial charge in [0, 0.05) is 12.3 Å². The van der Waals surface area contributed by atoms with Gasteiger partial charge in [-0.05, 0) is 50.5 Å². The van der Waals surface area contributed by atoms with E-state index in [9.17, 15) is 0 Å². The lowest BCUT2D eigenvalue weighted by atomic mass is 9.98. The van der Waals surface area contributed by atoms with E-state index in [1.165, 1.54) is 49.8 Å². The van der Waals surface area contributed by atoms with Crippen molar-refractivity contribution in [2.24, 2.45) is 0 Å². The Labute approximate surface area is 90.4 Å². The summed E-state index contributed by atoms with van der Waals surface area (Å²) in [6.45, 7) is 0.902. The van der Waals surface area contributed by atoms with E-state index < -0.39 is 0 Å². The van der Waals surface area contributed by atoms with Crippen LogP contribution in [0.25, 0.3) is 0 Å². The second-order valence-corrected chi connectivity index (χ2v) is 4.59. The molecule has 1 aromatic rings. The minimum atomic E-state index is 0.223. The van der Waals surface area contributed by atoms with E-state index in [1.54, 1.807) is 0 Å². The number of aromatic nitrogens is 2. The van der Waals surface area contributed by atoms with Crippen LogP contribution in [-0.2, 0) is 17.6 Å². The minimum Gasteiger partial charge on any atom is -0.357 e. The highest BCUT2D eigenvalue weighted by molar-refractivity contribution is 5.20. The molecule has 0 aromatic carbocycles. The monoisotopic (exact) mass is 206 g/mol. The molecule has 2 aliphatic rings. The first-order chi connectivity index (χ1) is 7.45. The molecule has 1 aromatic heterocycles. The lowest BCUT2D eigenvalue weighted by molar-refractivity contribution is -0.0412. The molecule has 0 bridgehead atoms. The molecule has 3 heteroatoms. The van der Waals surface area contributed by atoms with E-state index in [0.717, 1.165) is 13.0 Å². The number of aryl methyl sites for hydroxylation is 1. The summed E-state index contributed by atoms with van der Waals surface area (Å²) in [6, 6.07) is 0. The Morgan fingerprint density at radius 3 is 3.00 bits per heavy atom. The van der Waals surface area contributed by atoms with Crippen LogP contribution < -0.4 is 0 Å². The van der Waals surface area contributed by atoms with Crippen molar-refractivity contribution in [2.75, 3.05) is 6.61 Å². The van der Waals surface area contributed by atoms with E-state index >= 15 is 0 Å². The van der Waals surface area contributed by atoms with Gasteiger partial charge in [-0.15, -0.1) is 0 Å². The zero-order valence-corrected chi connectivity index (χ0v) is 9.11. The fourth-order valence-electron chi connectivity index (χ4n) is 2.68. The molecular formula is C12H18N2O. The maximum atomic E-state index is 5.79. The van der Waals surface area contributed by atoms with Gasteiger partial charge >= 0.3 is 0 Å². The Bertz CT molecular complexity index is 339. The number of rotatable bonds is 1. The number of nitrogens with zero attached hydrogens (tertiary/aromatic N) is 2. The first-order valence-corrected chi connectivity index (χ1v) is 6.12. The molecule has 0 N–H and O–H groups in total. The fourth-order valence-corrected chi connectivity index (χ4v) is 2.68. The van der Waals surface area contributed by atoms with E-state index in [-0.39, 0.29) is 6.23 Å². The highest BCUT2D eigenvalue weighted by Gasteiger charge is 2.22. The van der Waals surface area contributed by atoms with E-state index in [2.05, 4.69) is 9.78 Å². The molecular weight excluding hydrogens is 188 g/mol. The summed E-state index contributed by atoms with van der Waals surface area (Å²) in [5, 5.41) is 4.51. The first-order valence-electron chi connectivity index (χ1n) is 6.12. The Kier molecular flexibility index (Phi) is 2.49. The number of hydrogen-bond donors (Lipinski definition) is 0. The van der Waals surface area contributed by atoms with Crippen molar-refractivity contribution < 1.29 is 4.74 Å². The predicted octanol–water partition coefficient (Wildman–Crippen LogP) is 2.46. The van der Waals surface area contributed by atoms with Gasteiger partial charge < -0.3 is 4.74 Å². The topological polar surface area (TPSA) is 27.1 Å². The predicted molar refractivity (Wildman–Crippen MR) is 57.7 cm³/mol. The normalized spacial score (nSPS) is 26.3. The maximum absolute atomic E-state index is 5.79. The summed E-state index contributed by atoms with van der Waals surface area (Å²) in [6.07, 6.45) is 10.9. The molecule has 2 heterocycles. The summed E-state index contributed by atoms with van der Waals surface area (Å²) in [7, 11) is 0. The molecule has 1 fully saturated rings. The van der Waals surface area contributed by atoms with Gasteiger partial charge in [0.05, 0.1) is 6.20 Å². The molecule has 15 heavy (non-hydrogen) atoms. The van der Waals surface area contributed by atoms with Crippen LogP contribution in [0, 0.1) is 0 Å². The summed E-state index contributed by atoms with van der Waals surface area (Å²) in [5.41, 5.74) is 2.89. The molecule has 0 spiro atoms. The molecule has 3 rings (SSSR count). The van der Waals surface area contributed by atoms with E-state index in [4.69, 9.17) is 4.74 Å². The highest BCUT2D eigenvalue weighted by Crippen LogP contribution is 2.28. The van der Waals surface area contributed by atoms with Gasteiger partial charge in [0.15, 0.2) is 0 Å². The van der Waals surface area contributed by atoms with Crippen LogP contribution in [0.5, 0.6) is 0 Å². The fraction of sp³-hybridized carbons (Fsp3) is 0.750. The Morgan fingerprint density at radius 1 is 1.20 bits per heavy atom. The lowest BCUT2D eigenvalue weighted by Crippen LogP contribution is -2.22. The average molecular weight is 206 g/mol. The summed E-state index contributed by atoms with van der Waals surface area (Å²) >= 11 is 0. The van der Waals surface area contributed by atoms with Crippen LogP contribution in [0.3, 0.4) is 0 Å². The van der Waals surface area contributed by atoms with Gasteiger partial charge in [-0.3, -0.25) is 0 Å². The Hall–Kier alpha value is -0.830. The lowest BCUT2D eigenvalue weighted by Gasteiger charge is -2.25. The highest BCUT2D eigenvalue weighted by atomic mass is 16.5. The minimum absolute atomic E-state index is 0.223. The summed E-state index contributed by atoms with van der Waals surface area (Å²) in [5.74, 6) is 0. The molecule has 3 nitrogen and oxygen atoms in total. The van der Waals surface area contributed by atoms with Gasteiger partial charge in [-0.2, -0.15) is 5.10 Å². The van der Waals surface area contributed by atoms with E-state index in [1.807, 2.05) is 6.20 Å². The van der Waals surface area contributed by atoms with Gasteiger partial charge in [-0.1, -0.05) is 0 Å². The molecule has 1 aliphatic carbocycles. The van der Waals surface area contributed by atoms with Crippen LogP contribution >= 0.6 is 0 Å². The summed E-state index contributed by atoms with van der Waals surface area (Å²) < 4.78 is 7.94. The Balaban J connectivity index is 1.87. The molecule has 1 atom stereocenters. The van der Waals surface area contributed by atoms with Gasteiger partial charge in [0.2, 0.25) is 0 Å². The van der Waals surface area contributed by atoms with Crippen molar-refractivity contribution >= 4 is 0 Å². The van der Waals surface area contributed by atoms with Crippen LogP contribution in [0.15, 0.2) is 6.20 Å². The second-order valence-electron chi connectivity index (χ2n) is 4.59. The van der Waals surface area contributed by atoms with Crippen LogP contribution in [0.4, 0.5) is 0 Å². The third-order valence-electron chi connectivity index (χ3n) is 3.52. The first kappa shape index (κ1) is 9.40. The van der Waals surface area contributed by atoms with Gasteiger partial charge in [-0.25, -0.2) is 4.68 Å². The van der Waals surface area contributed by atoms with Crippen LogP contribution in [0.1, 0.15) is 49.6 Å². The molecule has 0 saturated carbocycles. The number of ether oxygens (including phenoxy) is 1. The summed E-state index contributed by atoms with van der Waals surface area (Å²) in [4.78, 5) is 0. The molecule has 1 unspecified atom stereocenters. The Morgan fingerprint density at radius 2 is 2.13 bits per heavy atom. The molecule has 82 valence electrons. The standard InChI is InChI=1S/C12H18N2O/c1-2-6-11-10(5-1)9-13-14(11)12-7-3-4-8-15-12/h9,12H,1-8H2. The van der Waals surface area contributed by atoms with E-state index in [0.29, 0.717) is 0 Å². The van der Waals surface area contributed by atoms with Crippen molar-refractivity contribution in [1.29, 1.82) is 0 Å². The number of hydrogen-bond acceptors (Lipinski definition) is 2. The molecule has 1 saturated heterocycles. The largest absolute Gasteiger partial charge is 0.357 e. The zero-order valence-electron chi connectivity index (χ0n) is 9.11. The van der Waals surface area contributed by atoms with Crippen LogP contribution in [0.2, 0.25) is 0 Å². The van der Waals surface area contributed by atoms with Gasteiger partial charge in [0.25, 0.3) is 0 Å². The van der Waals surface area contributed by atoms with Crippen molar-refractivity contribution in [2.45, 2.75) is 51.2 Å². The van der Waals surface area contributed by atoms with Crippen molar-refractivity contribution in [3.8, 4) is 0 Å². The molecule has 0 amide bonds. The SMILES string of the molecule is c1nn(C2CCCCO2)c2c1CCCC2. The average Bonchev–Trinajstić information content (AvgIpc) is 2.74. The molecule has 1 aliphatic heterocycles. The maximum Gasteiger partial charge on any atom is 0.150 e. The van der Waals surface area contributed by atoms with Crippen molar-refractivity contribution in [3.05, 3.63) is 17.5 Å². The molecule has 0 radical (unpaired) electrons. The van der Waals surface area contributed by atoms with Crippen molar-refractivity contribution in [1.82, 2.24) is 9.78 Å². The smallest absolute Gasteiger partial charge is 0.150 e. The quantitative estimate of drug-likeness (QED) is 0.705. The zero-order chi connectivity index (χ0) is 10.1.